The molecule has 0 saturated heterocycles. The van der Waals surface area contributed by atoms with Crippen LogP contribution < -0.4 is 15.7 Å². The van der Waals surface area contributed by atoms with Gasteiger partial charge < -0.3 is 14.5 Å². The maximum absolute atomic E-state index is 12.4. The van der Waals surface area contributed by atoms with Crippen LogP contribution in [0.1, 0.15) is 51.0 Å². The summed E-state index contributed by atoms with van der Waals surface area (Å²) in [6.07, 6.45) is 8.84. The molecule has 1 heterocycles. The van der Waals surface area contributed by atoms with Gasteiger partial charge in [0.25, 0.3) is 5.91 Å². The number of hydrogen-bond acceptors (Lipinski definition) is 4. The van der Waals surface area contributed by atoms with Gasteiger partial charge in [0, 0.05) is 24.1 Å². The summed E-state index contributed by atoms with van der Waals surface area (Å²) in [5, 5.41) is 4.05. The summed E-state index contributed by atoms with van der Waals surface area (Å²) in [4.78, 5) is 24.1. The van der Waals surface area contributed by atoms with Gasteiger partial charge in [-0.25, -0.2) is 4.79 Å². The highest BCUT2D eigenvalue weighted by Gasteiger charge is 2.50. The van der Waals surface area contributed by atoms with E-state index in [-0.39, 0.29) is 18.1 Å². The molecule has 0 radical (unpaired) electrons. The first-order valence-electron chi connectivity index (χ1n) is 11.0. The molecule has 4 aliphatic rings. The number of fused-ring (bicyclic) bond motifs is 1. The van der Waals surface area contributed by atoms with E-state index in [0.29, 0.717) is 16.7 Å². The summed E-state index contributed by atoms with van der Waals surface area (Å²) in [7, 11) is 0. The second kappa shape index (κ2) is 7.19. The quantitative estimate of drug-likeness (QED) is 0.749. The van der Waals surface area contributed by atoms with Crippen LogP contribution in [0.15, 0.2) is 33.5 Å². The van der Waals surface area contributed by atoms with Crippen molar-refractivity contribution in [2.45, 2.75) is 51.9 Å². The van der Waals surface area contributed by atoms with Gasteiger partial charge in [0.05, 0.1) is 0 Å². The van der Waals surface area contributed by atoms with Crippen molar-refractivity contribution in [2.75, 3.05) is 13.2 Å². The summed E-state index contributed by atoms with van der Waals surface area (Å²) < 4.78 is 11.0. The number of carbonyl (C=O) groups is 1. The first-order chi connectivity index (χ1) is 14.0. The van der Waals surface area contributed by atoms with Crippen LogP contribution in [-0.2, 0) is 11.2 Å². The number of ether oxygens (including phenoxy) is 1. The van der Waals surface area contributed by atoms with Crippen molar-refractivity contribution in [1.29, 1.82) is 0 Å². The summed E-state index contributed by atoms with van der Waals surface area (Å²) in [5.74, 6) is 3.11. The fourth-order valence-corrected chi connectivity index (χ4v) is 6.59. The Bertz CT molecular complexity index is 957. The molecule has 4 bridgehead atoms. The second-order valence-corrected chi connectivity index (χ2v) is 9.59. The molecule has 4 saturated carbocycles. The molecule has 1 aromatic carbocycles. The van der Waals surface area contributed by atoms with E-state index >= 15 is 0 Å². The van der Waals surface area contributed by atoms with E-state index in [1.165, 1.54) is 44.6 Å². The number of carbonyl (C=O) groups excluding carboxylic acids is 1. The molecule has 5 heteroatoms. The van der Waals surface area contributed by atoms with Crippen LogP contribution in [0.2, 0.25) is 0 Å². The third-order valence-electron chi connectivity index (χ3n) is 7.38. The summed E-state index contributed by atoms with van der Waals surface area (Å²) >= 11 is 0. The Labute approximate surface area is 170 Å². The zero-order valence-electron chi connectivity index (χ0n) is 17.0. The van der Waals surface area contributed by atoms with Crippen LogP contribution in [0, 0.1) is 23.2 Å². The van der Waals surface area contributed by atoms with Gasteiger partial charge in [-0.05, 0) is 85.8 Å². The van der Waals surface area contributed by atoms with Crippen LogP contribution in [0.5, 0.6) is 5.75 Å². The maximum Gasteiger partial charge on any atom is 0.336 e. The van der Waals surface area contributed by atoms with Crippen LogP contribution in [0.4, 0.5) is 0 Å². The molecule has 0 aliphatic heterocycles. The van der Waals surface area contributed by atoms with Gasteiger partial charge in [0.15, 0.2) is 6.61 Å². The highest BCUT2D eigenvalue weighted by atomic mass is 16.5. The largest absolute Gasteiger partial charge is 0.484 e. The zero-order chi connectivity index (χ0) is 20.0. The molecular formula is C24H29NO4. The maximum atomic E-state index is 12.4. The lowest BCUT2D eigenvalue weighted by Gasteiger charge is -2.56. The van der Waals surface area contributed by atoms with Gasteiger partial charge in [0.1, 0.15) is 11.3 Å². The van der Waals surface area contributed by atoms with E-state index in [1.807, 2.05) is 19.1 Å². The minimum Gasteiger partial charge on any atom is -0.484 e. The molecular weight excluding hydrogens is 366 g/mol. The molecule has 1 aromatic heterocycles. The Morgan fingerprint density at radius 1 is 1.14 bits per heavy atom. The van der Waals surface area contributed by atoms with Crippen molar-refractivity contribution in [2.24, 2.45) is 23.2 Å². The summed E-state index contributed by atoms with van der Waals surface area (Å²) in [5.41, 5.74) is 1.42. The SMILES string of the molecule is CCc1cc(=O)oc2cc(OCC(=O)NCC34CC5CC(CC(C5)C3)C4)ccc12. The molecule has 0 atom stereocenters. The topological polar surface area (TPSA) is 68.5 Å². The van der Waals surface area contributed by atoms with Crippen molar-refractivity contribution >= 4 is 16.9 Å². The fourth-order valence-electron chi connectivity index (χ4n) is 6.59. The van der Waals surface area contributed by atoms with E-state index in [1.54, 1.807) is 6.07 Å². The Balaban J connectivity index is 1.19. The van der Waals surface area contributed by atoms with Gasteiger partial charge in [-0.15, -0.1) is 0 Å². The molecule has 1 N–H and O–H groups in total. The standard InChI is InChI=1S/C24H29NO4/c1-2-18-8-23(27)29-21-9-19(3-4-20(18)21)28-13-22(26)25-14-24-10-15-5-16(11-24)7-17(6-15)12-24/h3-4,8-9,15-17H,2,5-7,10-14H2,1H3,(H,25,26). The third kappa shape index (κ3) is 3.67. The molecule has 4 aliphatic carbocycles. The molecule has 5 nitrogen and oxygen atoms in total. The molecule has 154 valence electrons. The lowest BCUT2D eigenvalue weighted by Crippen LogP contribution is -2.51. The number of rotatable bonds is 6. The molecule has 29 heavy (non-hydrogen) atoms. The normalized spacial score (nSPS) is 29.9. The van der Waals surface area contributed by atoms with Gasteiger partial charge in [-0.3, -0.25) is 4.79 Å². The van der Waals surface area contributed by atoms with Crippen molar-refractivity contribution in [3.05, 3.63) is 40.2 Å². The number of aryl methyl sites for hydroxylation is 1. The van der Waals surface area contributed by atoms with E-state index in [9.17, 15) is 9.59 Å². The Kier molecular flexibility index (Phi) is 4.64. The van der Waals surface area contributed by atoms with E-state index in [0.717, 1.165) is 41.7 Å². The summed E-state index contributed by atoms with van der Waals surface area (Å²) in [6.45, 7) is 2.77. The van der Waals surface area contributed by atoms with Crippen molar-refractivity contribution in [1.82, 2.24) is 5.32 Å². The van der Waals surface area contributed by atoms with Crippen LogP contribution >= 0.6 is 0 Å². The smallest absolute Gasteiger partial charge is 0.336 e. The highest BCUT2D eigenvalue weighted by Crippen LogP contribution is 2.59. The lowest BCUT2D eigenvalue weighted by molar-refractivity contribution is -0.125. The van der Waals surface area contributed by atoms with Crippen molar-refractivity contribution < 1.29 is 13.9 Å². The zero-order valence-corrected chi connectivity index (χ0v) is 17.0. The highest BCUT2D eigenvalue weighted by molar-refractivity contribution is 5.82. The Morgan fingerprint density at radius 3 is 2.48 bits per heavy atom. The summed E-state index contributed by atoms with van der Waals surface area (Å²) in [6, 6.07) is 6.94. The average molecular weight is 395 g/mol. The molecule has 1 amide bonds. The van der Waals surface area contributed by atoms with E-state index in [4.69, 9.17) is 9.15 Å². The molecule has 2 aromatic rings. The minimum absolute atomic E-state index is 0.0183. The Morgan fingerprint density at radius 2 is 1.83 bits per heavy atom. The predicted octanol–water partition coefficient (Wildman–Crippen LogP) is 4.07. The van der Waals surface area contributed by atoms with Gasteiger partial charge in [-0.2, -0.15) is 0 Å². The number of amides is 1. The lowest BCUT2D eigenvalue weighted by atomic mass is 9.49. The monoisotopic (exact) mass is 395 g/mol. The number of nitrogens with one attached hydrogen (secondary N) is 1. The number of benzene rings is 1. The van der Waals surface area contributed by atoms with Crippen LogP contribution in [0.25, 0.3) is 11.0 Å². The average Bonchev–Trinajstić information content (AvgIpc) is 2.69. The van der Waals surface area contributed by atoms with Gasteiger partial charge >= 0.3 is 5.63 Å². The van der Waals surface area contributed by atoms with E-state index in [2.05, 4.69) is 5.32 Å². The molecule has 4 fully saturated rings. The fraction of sp³-hybridized carbons (Fsp3) is 0.583. The van der Waals surface area contributed by atoms with Crippen LogP contribution in [-0.4, -0.2) is 19.1 Å². The third-order valence-corrected chi connectivity index (χ3v) is 7.38. The predicted molar refractivity (Wildman–Crippen MR) is 111 cm³/mol. The first-order valence-corrected chi connectivity index (χ1v) is 11.0. The number of hydrogen-bond donors (Lipinski definition) is 1. The molecule has 0 spiro atoms. The van der Waals surface area contributed by atoms with Gasteiger partial charge in [0.2, 0.25) is 0 Å². The molecule has 0 unspecified atom stereocenters. The second-order valence-electron chi connectivity index (χ2n) is 9.59. The Hall–Kier alpha value is -2.30. The van der Waals surface area contributed by atoms with E-state index < -0.39 is 0 Å². The minimum atomic E-state index is -0.361. The van der Waals surface area contributed by atoms with Gasteiger partial charge in [-0.1, -0.05) is 6.92 Å². The van der Waals surface area contributed by atoms with Crippen molar-refractivity contribution in [3.8, 4) is 5.75 Å². The molecule has 6 rings (SSSR count). The van der Waals surface area contributed by atoms with Crippen LogP contribution in [0.3, 0.4) is 0 Å². The van der Waals surface area contributed by atoms with Crippen molar-refractivity contribution in [3.63, 3.8) is 0 Å². The first kappa shape index (κ1) is 18.7.